The Morgan fingerprint density at radius 3 is 2.66 bits per heavy atom. The van der Waals surface area contributed by atoms with E-state index in [4.69, 9.17) is 16.3 Å². The summed E-state index contributed by atoms with van der Waals surface area (Å²) in [6.45, 7) is 10.1. The number of hydrogen-bond acceptors (Lipinski definition) is 7. The molecule has 0 amide bonds. The zero-order chi connectivity index (χ0) is 29.7. The molecule has 2 aromatic heterocycles. The van der Waals surface area contributed by atoms with Crippen LogP contribution in [-0.2, 0) is 27.9 Å². The number of ether oxygens (including phenoxy) is 1. The van der Waals surface area contributed by atoms with Crippen LogP contribution in [0.3, 0.4) is 0 Å². The predicted octanol–water partition coefficient (Wildman–Crippen LogP) is 6.08. The van der Waals surface area contributed by atoms with E-state index in [0.29, 0.717) is 28.6 Å². The second-order valence-corrected chi connectivity index (χ2v) is 14.4. The first-order valence-electron chi connectivity index (χ1n) is 13.5. The monoisotopic (exact) mass is 616 g/mol. The fraction of sp³-hybridized carbons (Fsp3) is 0.414. The molecule has 12 heteroatoms. The first kappa shape index (κ1) is 29.5. The number of hydrogen-bond donors (Lipinski definition) is 1. The van der Waals surface area contributed by atoms with Gasteiger partial charge in [0, 0.05) is 23.9 Å². The normalized spacial score (nSPS) is 18.0. The number of halogens is 1. The van der Waals surface area contributed by atoms with E-state index in [1.165, 1.54) is 15.6 Å². The van der Waals surface area contributed by atoms with Crippen molar-refractivity contribution in [3.63, 3.8) is 0 Å². The minimum absolute atomic E-state index is 0.0366. The van der Waals surface area contributed by atoms with Gasteiger partial charge in [-0.1, -0.05) is 41.9 Å². The molecule has 1 aliphatic rings. The van der Waals surface area contributed by atoms with Gasteiger partial charge in [-0.2, -0.15) is 4.31 Å². The van der Waals surface area contributed by atoms with E-state index >= 15 is 0 Å². The highest BCUT2D eigenvalue weighted by molar-refractivity contribution is 7.89. The number of carboxylic acid groups (broad SMARTS) is 1. The summed E-state index contributed by atoms with van der Waals surface area (Å²) >= 11 is 8.06. The molecule has 0 saturated carbocycles. The Hall–Kier alpha value is -2.99. The van der Waals surface area contributed by atoms with Gasteiger partial charge < -0.3 is 9.84 Å². The lowest BCUT2D eigenvalue weighted by Crippen LogP contribution is -2.36. The van der Waals surface area contributed by atoms with Crippen molar-refractivity contribution in [1.82, 2.24) is 19.3 Å². The lowest BCUT2D eigenvalue weighted by atomic mass is 9.72. The number of fused-ring (bicyclic) bond motifs is 2. The number of para-hydroxylation sites is 1. The third-order valence-corrected chi connectivity index (χ3v) is 11.3. The highest BCUT2D eigenvalue weighted by atomic mass is 35.5. The van der Waals surface area contributed by atoms with E-state index < -0.39 is 27.3 Å². The number of benzene rings is 2. The third-order valence-electron chi connectivity index (χ3n) is 7.90. The molecule has 0 unspecified atom stereocenters. The molecular formula is C29H33ClN4O5S2. The van der Waals surface area contributed by atoms with Crippen molar-refractivity contribution in [2.75, 3.05) is 6.54 Å². The van der Waals surface area contributed by atoms with Gasteiger partial charge in [0.1, 0.15) is 22.3 Å². The number of carbonyl (C=O) groups is 1. The predicted molar refractivity (Wildman–Crippen MR) is 159 cm³/mol. The number of sulfonamides is 1. The van der Waals surface area contributed by atoms with E-state index in [0.717, 1.165) is 27.0 Å². The van der Waals surface area contributed by atoms with Crippen molar-refractivity contribution >= 4 is 50.0 Å². The minimum atomic E-state index is -3.87. The molecule has 0 spiro atoms. The number of rotatable bonds is 8. The van der Waals surface area contributed by atoms with Crippen molar-refractivity contribution in [2.24, 2.45) is 5.41 Å². The number of aryl methyl sites for hydroxylation is 2. The van der Waals surface area contributed by atoms with Crippen LogP contribution in [0.1, 0.15) is 61.6 Å². The molecule has 1 aliphatic heterocycles. The van der Waals surface area contributed by atoms with E-state index in [2.05, 4.69) is 10.3 Å². The molecule has 218 valence electrons. The van der Waals surface area contributed by atoms with Crippen LogP contribution in [-0.4, -0.2) is 51.4 Å². The van der Waals surface area contributed by atoms with E-state index in [1.807, 2.05) is 39.0 Å². The molecule has 4 aromatic rings. The highest BCUT2D eigenvalue weighted by Crippen LogP contribution is 2.48. The zero-order valence-electron chi connectivity index (χ0n) is 23.6. The van der Waals surface area contributed by atoms with Crippen LogP contribution in [0.5, 0.6) is 5.75 Å². The Kier molecular flexibility index (Phi) is 7.92. The molecule has 0 fully saturated rings. The molecule has 41 heavy (non-hydrogen) atoms. The zero-order valence-corrected chi connectivity index (χ0v) is 26.0. The van der Waals surface area contributed by atoms with Crippen LogP contribution in [0.15, 0.2) is 47.4 Å². The molecule has 0 bridgehead atoms. The molecule has 2 aromatic carbocycles. The third kappa shape index (κ3) is 5.13. The lowest BCUT2D eigenvalue weighted by Gasteiger charge is -2.31. The summed E-state index contributed by atoms with van der Waals surface area (Å²) in [6.07, 6.45) is 0.303. The van der Waals surface area contributed by atoms with Gasteiger partial charge in [-0.25, -0.2) is 13.1 Å². The first-order valence-corrected chi connectivity index (χ1v) is 16.1. The Bertz CT molecular complexity index is 1730. The summed E-state index contributed by atoms with van der Waals surface area (Å²) in [4.78, 5) is 13.4. The second-order valence-electron chi connectivity index (χ2n) is 10.9. The fourth-order valence-corrected chi connectivity index (χ4v) is 8.58. The molecule has 9 nitrogen and oxygen atoms in total. The summed E-state index contributed by atoms with van der Waals surface area (Å²) in [5.74, 6) is -1.19. The van der Waals surface area contributed by atoms with E-state index in [-0.39, 0.29) is 24.1 Å². The average molecular weight is 617 g/mol. The van der Waals surface area contributed by atoms with Crippen LogP contribution >= 0.6 is 22.9 Å². The summed E-state index contributed by atoms with van der Waals surface area (Å²) in [6, 6.07) is 12.4. The number of nitrogens with zero attached hydrogens (tertiary/aromatic N) is 4. The van der Waals surface area contributed by atoms with Gasteiger partial charge in [0.05, 0.1) is 21.8 Å². The van der Waals surface area contributed by atoms with Crippen molar-refractivity contribution in [3.05, 3.63) is 68.4 Å². The maximum Gasteiger partial charge on any atom is 0.310 e. The largest absolute Gasteiger partial charge is 0.488 e. The van der Waals surface area contributed by atoms with E-state index in [1.54, 1.807) is 42.8 Å². The quantitative estimate of drug-likeness (QED) is 0.255. The maximum atomic E-state index is 13.7. The second kappa shape index (κ2) is 11.0. The molecular weight excluding hydrogens is 584 g/mol. The van der Waals surface area contributed by atoms with Gasteiger partial charge in [0.25, 0.3) is 0 Å². The Morgan fingerprint density at radius 1 is 1.24 bits per heavy atom. The molecule has 0 radical (unpaired) electrons. The van der Waals surface area contributed by atoms with Crippen LogP contribution in [0.2, 0.25) is 4.34 Å². The molecule has 3 heterocycles. The lowest BCUT2D eigenvalue weighted by molar-refractivity contribution is -0.147. The summed E-state index contributed by atoms with van der Waals surface area (Å²) in [7, 11) is -3.87. The van der Waals surface area contributed by atoms with Crippen molar-refractivity contribution < 1.29 is 23.1 Å². The summed E-state index contributed by atoms with van der Waals surface area (Å²) in [5.41, 5.74) is 2.67. The van der Waals surface area contributed by atoms with Gasteiger partial charge in [-0.05, 0) is 75.1 Å². The molecule has 0 aliphatic carbocycles. The van der Waals surface area contributed by atoms with E-state index in [9.17, 15) is 18.3 Å². The van der Waals surface area contributed by atoms with Gasteiger partial charge in [0.15, 0.2) is 0 Å². The number of aromatic nitrogens is 3. The van der Waals surface area contributed by atoms with Crippen LogP contribution in [0, 0.1) is 12.3 Å². The number of aliphatic carboxylic acids is 1. The molecule has 2 atom stereocenters. The SMILES string of the molecule is CC[C@@H]1CN(Cc2cc([C@@H](c3ccc4c(nnn4CC)c3C)C(C)(C)C(=O)O)sc2Cl)S(=O)(=O)c2ccccc2O1. The smallest absolute Gasteiger partial charge is 0.310 e. The van der Waals surface area contributed by atoms with Crippen molar-refractivity contribution in [1.29, 1.82) is 0 Å². The first-order chi connectivity index (χ1) is 19.4. The number of carboxylic acids is 1. The topological polar surface area (TPSA) is 115 Å². The van der Waals surface area contributed by atoms with Crippen molar-refractivity contribution in [2.45, 2.75) is 71.0 Å². The highest BCUT2D eigenvalue weighted by Gasteiger charge is 2.42. The van der Waals surface area contributed by atoms with Gasteiger partial charge in [0.2, 0.25) is 10.0 Å². The number of thiophene rings is 1. The molecule has 0 saturated heterocycles. The van der Waals surface area contributed by atoms with Crippen LogP contribution in [0.25, 0.3) is 11.0 Å². The minimum Gasteiger partial charge on any atom is -0.488 e. The maximum absolute atomic E-state index is 13.7. The Morgan fingerprint density at radius 2 is 1.98 bits per heavy atom. The standard InChI is InChI=1S/C29H33ClN4O5S2/c1-6-19-16-33(41(37,38)24-11-9-8-10-22(24)39-19)15-18-14-23(40-27(18)30)25(29(4,5)28(35)36)20-12-13-21-26(17(20)3)31-32-34(21)7-2/h8-14,19,25H,6-7,15-16H2,1-5H3,(H,35,36)/t19-,25-/m1/s1. The van der Waals surface area contributed by atoms with Crippen LogP contribution < -0.4 is 4.74 Å². The van der Waals surface area contributed by atoms with Gasteiger partial charge in [-0.3, -0.25) is 4.79 Å². The van der Waals surface area contributed by atoms with Crippen LogP contribution in [0.4, 0.5) is 0 Å². The summed E-state index contributed by atoms with van der Waals surface area (Å²) in [5, 5.41) is 18.9. The fourth-order valence-electron chi connectivity index (χ4n) is 5.42. The Labute approximate surface area is 248 Å². The van der Waals surface area contributed by atoms with Gasteiger partial charge >= 0.3 is 5.97 Å². The average Bonchev–Trinajstić information content (AvgIpc) is 3.49. The van der Waals surface area contributed by atoms with Crippen molar-refractivity contribution in [3.8, 4) is 5.75 Å². The summed E-state index contributed by atoms with van der Waals surface area (Å²) < 4.78 is 37.1. The molecule has 5 rings (SSSR count). The Balaban J connectivity index is 1.59. The van der Waals surface area contributed by atoms with Gasteiger partial charge in [-0.15, -0.1) is 16.4 Å². The molecule has 1 N–H and O–H groups in total.